The largest absolute Gasteiger partial charge is 0.481 e. The highest BCUT2D eigenvalue weighted by molar-refractivity contribution is 5.66. The highest BCUT2D eigenvalue weighted by atomic mass is 16.9. The molecule has 126 valence electrons. The van der Waals surface area contributed by atoms with E-state index in [9.17, 15) is 4.79 Å². The first-order valence-corrected chi connectivity index (χ1v) is 8.23. The molecule has 0 radical (unpaired) electrons. The molecule has 0 bridgehead atoms. The van der Waals surface area contributed by atoms with Crippen LogP contribution in [0.1, 0.15) is 72.1 Å². The number of hydrogen-bond acceptors (Lipinski definition) is 4. The van der Waals surface area contributed by atoms with Gasteiger partial charge in [0.05, 0.1) is 0 Å². The number of ether oxygens (including phenoxy) is 3. The predicted molar refractivity (Wildman–Crippen MR) is 82.2 cm³/mol. The Hall–Kier alpha value is -0.650. The van der Waals surface area contributed by atoms with E-state index in [-0.39, 0.29) is 6.42 Å². The Labute approximate surface area is 129 Å². The van der Waals surface area contributed by atoms with Crippen LogP contribution < -0.4 is 0 Å². The Balaban J connectivity index is 3.83. The number of hydrogen-bond donors (Lipinski definition) is 1. The van der Waals surface area contributed by atoms with Gasteiger partial charge < -0.3 is 19.3 Å². The zero-order valence-electron chi connectivity index (χ0n) is 13.9. The summed E-state index contributed by atoms with van der Waals surface area (Å²) in [5.74, 6) is -1.59. The van der Waals surface area contributed by atoms with Crippen LogP contribution in [0.15, 0.2) is 0 Å². The molecule has 5 heteroatoms. The van der Waals surface area contributed by atoms with Crippen LogP contribution in [0, 0.1) is 0 Å². The minimum atomic E-state index is -0.887. The molecule has 0 amide bonds. The second kappa shape index (κ2) is 13.0. The molecule has 0 atom stereocenters. The maximum Gasteiger partial charge on any atom is 0.303 e. The summed E-state index contributed by atoms with van der Waals surface area (Å²) in [6.07, 6.45) is 7.04. The van der Waals surface area contributed by atoms with Gasteiger partial charge in [-0.05, 0) is 33.6 Å². The summed E-state index contributed by atoms with van der Waals surface area (Å²) in [6, 6.07) is 0. The monoisotopic (exact) mass is 304 g/mol. The Bertz CT molecular complexity index is 238. The summed E-state index contributed by atoms with van der Waals surface area (Å²) in [7, 11) is 0. The molecular formula is C16H32O5. The van der Waals surface area contributed by atoms with Gasteiger partial charge in [-0.15, -0.1) is 0 Å². The van der Waals surface area contributed by atoms with Gasteiger partial charge in [0.15, 0.2) is 0 Å². The Morgan fingerprint density at radius 3 is 1.67 bits per heavy atom. The summed E-state index contributed by atoms with van der Waals surface area (Å²) < 4.78 is 17.0. The van der Waals surface area contributed by atoms with E-state index in [0.717, 1.165) is 44.9 Å². The van der Waals surface area contributed by atoms with Gasteiger partial charge >= 0.3 is 5.97 Å². The van der Waals surface area contributed by atoms with Gasteiger partial charge in [-0.2, -0.15) is 0 Å². The third kappa shape index (κ3) is 10.7. The molecule has 0 rings (SSSR count). The molecule has 0 aromatic heterocycles. The van der Waals surface area contributed by atoms with Crippen molar-refractivity contribution >= 4 is 5.97 Å². The summed E-state index contributed by atoms with van der Waals surface area (Å²) in [6.45, 7) is 7.51. The minimum absolute atomic E-state index is 0.280. The molecule has 0 unspecified atom stereocenters. The molecule has 0 aliphatic carbocycles. The molecule has 5 nitrogen and oxygen atoms in total. The molecule has 0 heterocycles. The van der Waals surface area contributed by atoms with Crippen molar-refractivity contribution < 1.29 is 24.1 Å². The second-order valence-corrected chi connectivity index (χ2v) is 5.00. The first-order valence-electron chi connectivity index (χ1n) is 8.23. The fourth-order valence-electron chi connectivity index (χ4n) is 2.33. The van der Waals surface area contributed by atoms with Crippen LogP contribution in [0.3, 0.4) is 0 Å². The minimum Gasteiger partial charge on any atom is -0.481 e. The number of unbranched alkanes of at least 4 members (excludes halogenated alkanes) is 5. The van der Waals surface area contributed by atoms with E-state index in [4.69, 9.17) is 19.3 Å². The van der Waals surface area contributed by atoms with Crippen molar-refractivity contribution in [2.75, 3.05) is 19.8 Å². The van der Waals surface area contributed by atoms with Gasteiger partial charge in [-0.25, -0.2) is 0 Å². The Morgan fingerprint density at radius 2 is 1.24 bits per heavy atom. The number of rotatable bonds is 15. The molecular weight excluding hydrogens is 272 g/mol. The fraction of sp³-hybridized carbons (Fsp3) is 0.938. The molecule has 0 aromatic rings. The summed E-state index contributed by atoms with van der Waals surface area (Å²) >= 11 is 0. The van der Waals surface area contributed by atoms with E-state index in [1.807, 2.05) is 20.8 Å². The van der Waals surface area contributed by atoms with Gasteiger partial charge in [0, 0.05) is 32.7 Å². The topological polar surface area (TPSA) is 65.0 Å². The predicted octanol–water partition coefficient (Wildman–Crippen LogP) is 3.96. The lowest BCUT2D eigenvalue weighted by Gasteiger charge is -2.32. The zero-order valence-corrected chi connectivity index (χ0v) is 13.9. The summed E-state index contributed by atoms with van der Waals surface area (Å²) in [5.41, 5.74) is 0. The lowest BCUT2D eigenvalue weighted by molar-refractivity contribution is -0.380. The average Bonchev–Trinajstić information content (AvgIpc) is 2.42. The lowest BCUT2D eigenvalue weighted by atomic mass is 10.1. The molecule has 0 fully saturated rings. The van der Waals surface area contributed by atoms with Crippen molar-refractivity contribution in [1.82, 2.24) is 0 Å². The highest BCUT2D eigenvalue weighted by Crippen LogP contribution is 2.24. The van der Waals surface area contributed by atoms with E-state index in [2.05, 4.69) is 0 Å². The molecule has 0 aliphatic rings. The summed E-state index contributed by atoms with van der Waals surface area (Å²) in [4.78, 5) is 10.4. The van der Waals surface area contributed by atoms with Crippen molar-refractivity contribution in [3.63, 3.8) is 0 Å². The lowest BCUT2D eigenvalue weighted by Crippen LogP contribution is -2.39. The highest BCUT2D eigenvalue weighted by Gasteiger charge is 2.31. The zero-order chi connectivity index (χ0) is 16.0. The van der Waals surface area contributed by atoms with Crippen molar-refractivity contribution in [3.05, 3.63) is 0 Å². The van der Waals surface area contributed by atoms with Crippen LogP contribution in [0.25, 0.3) is 0 Å². The Kier molecular flexibility index (Phi) is 12.6. The van der Waals surface area contributed by atoms with Gasteiger partial charge in [0.1, 0.15) is 0 Å². The maximum atomic E-state index is 10.4. The molecule has 0 aromatic carbocycles. The van der Waals surface area contributed by atoms with Crippen LogP contribution >= 0.6 is 0 Å². The molecule has 1 N–H and O–H groups in total. The summed E-state index contributed by atoms with van der Waals surface area (Å²) in [5, 5.41) is 8.55. The van der Waals surface area contributed by atoms with E-state index >= 15 is 0 Å². The fourth-order valence-corrected chi connectivity index (χ4v) is 2.33. The smallest absolute Gasteiger partial charge is 0.303 e. The number of carboxylic acid groups (broad SMARTS) is 1. The quantitative estimate of drug-likeness (QED) is 0.366. The van der Waals surface area contributed by atoms with Crippen LogP contribution in [-0.4, -0.2) is 36.9 Å². The van der Waals surface area contributed by atoms with Crippen LogP contribution in [0.4, 0.5) is 0 Å². The van der Waals surface area contributed by atoms with E-state index in [1.54, 1.807) is 0 Å². The second-order valence-electron chi connectivity index (χ2n) is 5.00. The van der Waals surface area contributed by atoms with Gasteiger partial charge in [-0.1, -0.05) is 25.7 Å². The molecule has 0 saturated heterocycles. The standard InChI is InChI=1S/C16H32O5/c1-4-19-16(20-5-2,21-6-3)14-12-10-8-7-9-11-13-15(17)18/h4-14H2,1-3H3,(H,17,18). The molecule has 0 aliphatic heterocycles. The molecule has 0 saturated carbocycles. The van der Waals surface area contributed by atoms with Crippen molar-refractivity contribution in [1.29, 1.82) is 0 Å². The normalized spacial score (nSPS) is 11.8. The van der Waals surface area contributed by atoms with Crippen LogP contribution in [-0.2, 0) is 19.0 Å². The number of carbonyl (C=O) groups is 1. The number of aliphatic carboxylic acids is 1. The van der Waals surface area contributed by atoms with Crippen LogP contribution in [0.5, 0.6) is 0 Å². The SMILES string of the molecule is CCOC(CCCCCCCCC(=O)O)(OCC)OCC. The Morgan fingerprint density at radius 1 is 0.810 bits per heavy atom. The van der Waals surface area contributed by atoms with E-state index in [0.29, 0.717) is 19.8 Å². The van der Waals surface area contributed by atoms with E-state index < -0.39 is 11.9 Å². The van der Waals surface area contributed by atoms with E-state index in [1.165, 1.54) is 0 Å². The van der Waals surface area contributed by atoms with Crippen molar-refractivity contribution in [2.45, 2.75) is 78.1 Å². The molecule has 0 spiro atoms. The van der Waals surface area contributed by atoms with Gasteiger partial charge in [0.2, 0.25) is 0 Å². The third-order valence-corrected chi connectivity index (χ3v) is 3.22. The van der Waals surface area contributed by atoms with Crippen molar-refractivity contribution in [2.24, 2.45) is 0 Å². The first kappa shape index (κ1) is 20.3. The van der Waals surface area contributed by atoms with Crippen LogP contribution in [0.2, 0.25) is 0 Å². The van der Waals surface area contributed by atoms with Crippen molar-refractivity contribution in [3.8, 4) is 0 Å². The first-order chi connectivity index (χ1) is 10.1. The third-order valence-electron chi connectivity index (χ3n) is 3.22. The van der Waals surface area contributed by atoms with Gasteiger partial charge in [-0.3, -0.25) is 4.79 Å². The van der Waals surface area contributed by atoms with Gasteiger partial charge in [0.25, 0.3) is 5.97 Å². The average molecular weight is 304 g/mol. The molecule has 21 heavy (non-hydrogen) atoms. The maximum absolute atomic E-state index is 10.4. The number of carboxylic acids is 1.